The number of aromatic nitrogens is 3. The van der Waals surface area contributed by atoms with Crippen molar-refractivity contribution in [2.45, 2.75) is 18.9 Å². The molecule has 0 amide bonds. The van der Waals surface area contributed by atoms with Crippen molar-refractivity contribution in [3.05, 3.63) is 57.7 Å². The number of carbonyl (C=O) groups is 1. The van der Waals surface area contributed by atoms with E-state index in [0.717, 1.165) is 24.3 Å². The maximum absolute atomic E-state index is 11.3. The standard InChI is InChI=1S/C14H15N7O2/c15-17-19-21-13(12(14(22)23)16-18-21)11-6-7-20(9-11)8-10-4-2-1-3-5-10/h1-5,11H,6-9H2,(H,22,23). The fourth-order valence-corrected chi connectivity index (χ4v) is 2.94. The SMILES string of the molecule is [N-]=[N+]=Nn1nnc(C(=O)O)c1C1CCN(Cc2ccccc2)C1. The lowest BCUT2D eigenvalue weighted by atomic mass is 10.0. The van der Waals surface area contributed by atoms with Crippen LogP contribution in [-0.2, 0) is 6.54 Å². The highest BCUT2D eigenvalue weighted by molar-refractivity contribution is 5.86. The van der Waals surface area contributed by atoms with Gasteiger partial charge >= 0.3 is 5.97 Å². The highest BCUT2D eigenvalue weighted by atomic mass is 16.4. The van der Waals surface area contributed by atoms with Crippen LogP contribution in [-0.4, -0.2) is 44.2 Å². The molecule has 1 atom stereocenters. The molecule has 2 heterocycles. The van der Waals surface area contributed by atoms with Crippen LogP contribution >= 0.6 is 0 Å². The van der Waals surface area contributed by atoms with Gasteiger partial charge in [-0.05, 0) is 18.5 Å². The predicted molar refractivity (Wildman–Crippen MR) is 80.6 cm³/mol. The average Bonchev–Trinajstić information content (AvgIpc) is 3.15. The molecule has 1 aliphatic heterocycles. The molecule has 0 saturated carbocycles. The van der Waals surface area contributed by atoms with Crippen molar-refractivity contribution in [1.82, 2.24) is 20.0 Å². The Morgan fingerprint density at radius 1 is 1.43 bits per heavy atom. The second kappa shape index (κ2) is 6.47. The molecule has 1 N–H and O–H groups in total. The zero-order chi connectivity index (χ0) is 16.2. The van der Waals surface area contributed by atoms with Gasteiger partial charge in [-0.3, -0.25) is 4.90 Å². The lowest BCUT2D eigenvalue weighted by Crippen LogP contribution is -2.20. The van der Waals surface area contributed by atoms with Gasteiger partial charge in [0.25, 0.3) is 0 Å². The number of hydrogen-bond acceptors (Lipinski definition) is 5. The van der Waals surface area contributed by atoms with Crippen LogP contribution in [0.25, 0.3) is 10.4 Å². The number of likely N-dealkylation sites (tertiary alicyclic amines) is 1. The normalized spacial score (nSPS) is 17.8. The van der Waals surface area contributed by atoms with Crippen LogP contribution in [0.5, 0.6) is 0 Å². The molecule has 0 aliphatic carbocycles. The van der Waals surface area contributed by atoms with E-state index < -0.39 is 5.97 Å². The zero-order valence-electron chi connectivity index (χ0n) is 12.3. The average molecular weight is 313 g/mol. The number of aromatic carboxylic acids is 1. The van der Waals surface area contributed by atoms with Crippen molar-refractivity contribution < 1.29 is 9.90 Å². The maximum atomic E-state index is 11.3. The minimum Gasteiger partial charge on any atom is -0.476 e. The van der Waals surface area contributed by atoms with Gasteiger partial charge in [0.2, 0.25) is 5.69 Å². The van der Waals surface area contributed by atoms with Gasteiger partial charge in [-0.15, -0.1) is 5.53 Å². The first-order chi connectivity index (χ1) is 11.2. The third-order valence-electron chi connectivity index (χ3n) is 3.92. The lowest BCUT2D eigenvalue weighted by molar-refractivity contribution is 0.0688. The molecule has 0 radical (unpaired) electrons. The molecule has 118 valence electrons. The van der Waals surface area contributed by atoms with Crippen molar-refractivity contribution >= 4 is 5.97 Å². The highest BCUT2D eigenvalue weighted by Crippen LogP contribution is 2.29. The fraction of sp³-hybridized carbons (Fsp3) is 0.357. The summed E-state index contributed by atoms with van der Waals surface area (Å²) in [6.45, 7) is 2.30. The molecule has 1 aliphatic rings. The summed E-state index contributed by atoms with van der Waals surface area (Å²) in [7, 11) is 0. The number of carboxylic acid groups (broad SMARTS) is 1. The summed E-state index contributed by atoms with van der Waals surface area (Å²) < 4.78 is 0. The van der Waals surface area contributed by atoms with Crippen LogP contribution in [0.2, 0.25) is 0 Å². The van der Waals surface area contributed by atoms with Crippen LogP contribution in [0.15, 0.2) is 35.6 Å². The first-order valence-electron chi connectivity index (χ1n) is 7.19. The molecule has 1 unspecified atom stereocenters. The van der Waals surface area contributed by atoms with E-state index in [1.165, 1.54) is 5.56 Å². The molecule has 0 spiro atoms. The van der Waals surface area contributed by atoms with Crippen LogP contribution in [0, 0.1) is 0 Å². The molecule has 9 heteroatoms. The summed E-state index contributed by atoms with van der Waals surface area (Å²) in [5, 5.41) is 19.9. The number of carboxylic acids is 1. The van der Waals surface area contributed by atoms with Crippen molar-refractivity contribution in [3.63, 3.8) is 0 Å². The summed E-state index contributed by atoms with van der Waals surface area (Å²) in [6.07, 6.45) is 0.765. The number of azide groups is 1. The van der Waals surface area contributed by atoms with Gasteiger partial charge in [0, 0.05) is 29.4 Å². The second-order valence-corrected chi connectivity index (χ2v) is 5.40. The van der Waals surface area contributed by atoms with Gasteiger partial charge in [0.1, 0.15) is 0 Å². The Labute approximate surface area is 131 Å². The Hall–Kier alpha value is -2.90. The Morgan fingerprint density at radius 2 is 2.22 bits per heavy atom. The van der Waals surface area contributed by atoms with Crippen LogP contribution in [0.3, 0.4) is 0 Å². The number of benzene rings is 1. The van der Waals surface area contributed by atoms with E-state index in [-0.39, 0.29) is 11.6 Å². The summed E-state index contributed by atoms with van der Waals surface area (Å²) in [4.78, 5) is 17.2. The number of nitrogens with zero attached hydrogens (tertiary/aromatic N) is 7. The van der Waals surface area contributed by atoms with Crippen molar-refractivity contribution in [1.29, 1.82) is 0 Å². The molecule has 1 aromatic carbocycles. The number of hydrogen-bond donors (Lipinski definition) is 1. The molecule has 2 aromatic rings. The molecule has 1 saturated heterocycles. The molecular formula is C14H15N7O2. The zero-order valence-corrected chi connectivity index (χ0v) is 12.3. The Morgan fingerprint density at radius 3 is 2.91 bits per heavy atom. The van der Waals surface area contributed by atoms with E-state index in [1.54, 1.807) is 0 Å². The minimum atomic E-state index is -1.17. The van der Waals surface area contributed by atoms with Gasteiger partial charge in [-0.2, -0.15) is 4.91 Å². The largest absolute Gasteiger partial charge is 0.476 e. The van der Waals surface area contributed by atoms with Crippen molar-refractivity contribution in [2.24, 2.45) is 5.22 Å². The second-order valence-electron chi connectivity index (χ2n) is 5.40. The topological polar surface area (TPSA) is 120 Å². The van der Waals surface area contributed by atoms with E-state index in [4.69, 9.17) is 5.53 Å². The summed E-state index contributed by atoms with van der Waals surface area (Å²) >= 11 is 0. The quantitative estimate of drug-likeness (QED) is 0.514. The van der Waals surface area contributed by atoms with Gasteiger partial charge < -0.3 is 5.11 Å². The summed E-state index contributed by atoms with van der Waals surface area (Å²) in [6, 6.07) is 10.1. The predicted octanol–water partition coefficient (Wildman–Crippen LogP) is 2.04. The van der Waals surface area contributed by atoms with E-state index in [1.807, 2.05) is 18.2 Å². The molecule has 9 nitrogen and oxygen atoms in total. The molecule has 23 heavy (non-hydrogen) atoms. The van der Waals surface area contributed by atoms with Crippen LogP contribution < -0.4 is 0 Å². The van der Waals surface area contributed by atoms with Crippen molar-refractivity contribution in [3.8, 4) is 0 Å². The summed E-state index contributed by atoms with van der Waals surface area (Å²) in [5.41, 5.74) is 10.0. The lowest BCUT2D eigenvalue weighted by Gasteiger charge is -2.15. The van der Waals surface area contributed by atoms with Gasteiger partial charge in [-0.1, -0.05) is 40.2 Å². The first-order valence-corrected chi connectivity index (χ1v) is 7.19. The monoisotopic (exact) mass is 313 g/mol. The molecule has 3 rings (SSSR count). The Balaban J connectivity index is 1.80. The third kappa shape index (κ3) is 3.15. The fourth-order valence-electron chi connectivity index (χ4n) is 2.94. The Kier molecular flexibility index (Phi) is 4.22. The van der Waals surface area contributed by atoms with Crippen molar-refractivity contribution in [2.75, 3.05) is 13.1 Å². The van der Waals surface area contributed by atoms with Gasteiger partial charge in [-0.25, -0.2) is 4.79 Å². The van der Waals surface area contributed by atoms with E-state index in [2.05, 4.69) is 37.5 Å². The Bertz CT molecular complexity index is 732. The highest BCUT2D eigenvalue weighted by Gasteiger charge is 2.34. The summed E-state index contributed by atoms with van der Waals surface area (Å²) in [5.74, 6) is -1.24. The van der Waals surface area contributed by atoms with Crippen LogP contribution in [0.1, 0.15) is 34.1 Å². The van der Waals surface area contributed by atoms with Crippen LogP contribution in [0.4, 0.5) is 0 Å². The third-order valence-corrected chi connectivity index (χ3v) is 3.92. The molecule has 0 bridgehead atoms. The first kappa shape index (κ1) is 15.0. The van der Waals surface area contributed by atoms with Gasteiger partial charge in [0.15, 0.2) is 5.69 Å². The molecular weight excluding hydrogens is 298 g/mol. The van der Waals surface area contributed by atoms with Gasteiger partial charge in [0.05, 0.1) is 0 Å². The minimum absolute atomic E-state index is 0.0784. The van der Waals surface area contributed by atoms with E-state index in [0.29, 0.717) is 12.2 Å². The van der Waals surface area contributed by atoms with E-state index in [9.17, 15) is 9.90 Å². The molecule has 1 aromatic heterocycles. The molecule has 1 fully saturated rings. The smallest absolute Gasteiger partial charge is 0.360 e. The number of rotatable bonds is 5. The maximum Gasteiger partial charge on any atom is 0.360 e. The van der Waals surface area contributed by atoms with E-state index >= 15 is 0 Å².